The zero-order valence-electron chi connectivity index (χ0n) is 7.82. The third-order valence-corrected chi connectivity index (χ3v) is 2.43. The Morgan fingerprint density at radius 3 is 3.14 bits per heavy atom. The molecule has 78 valence electrons. The van der Waals surface area contributed by atoms with E-state index < -0.39 is 0 Å². The average Bonchev–Trinajstić information content (AvgIpc) is 2.65. The predicted molar refractivity (Wildman–Crippen MR) is 51.8 cm³/mol. The zero-order valence-corrected chi connectivity index (χ0v) is 8.63. The Morgan fingerprint density at radius 1 is 1.79 bits per heavy atom. The number of ether oxygens (including phenoxy) is 1. The van der Waals surface area contributed by atoms with Gasteiger partial charge in [0.15, 0.2) is 0 Å². The summed E-state index contributed by atoms with van der Waals surface area (Å²) < 4.78 is 4.46. The van der Waals surface area contributed by atoms with E-state index >= 15 is 0 Å². The van der Waals surface area contributed by atoms with Gasteiger partial charge in [-0.2, -0.15) is 0 Å². The lowest BCUT2D eigenvalue weighted by atomic mass is 10.5. The molecule has 0 aliphatic heterocycles. The van der Waals surface area contributed by atoms with Gasteiger partial charge in [-0.1, -0.05) is 0 Å². The number of hydrogen-bond acceptors (Lipinski definition) is 6. The van der Waals surface area contributed by atoms with Gasteiger partial charge in [0.2, 0.25) is 0 Å². The van der Waals surface area contributed by atoms with Crippen LogP contribution in [0.1, 0.15) is 10.7 Å². The fourth-order valence-electron chi connectivity index (χ4n) is 0.846. The van der Waals surface area contributed by atoms with Crippen molar-refractivity contribution in [1.82, 2.24) is 10.3 Å². The Hall–Kier alpha value is -0.980. The molecule has 5 nitrogen and oxygen atoms in total. The van der Waals surface area contributed by atoms with Crippen molar-refractivity contribution in [2.45, 2.75) is 13.2 Å². The Balaban J connectivity index is 2.27. The van der Waals surface area contributed by atoms with Crippen molar-refractivity contribution < 1.29 is 14.6 Å². The Kier molecular flexibility index (Phi) is 4.51. The first-order chi connectivity index (χ1) is 6.76. The summed E-state index contributed by atoms with van der Waals surface area (Å²) in [7, 11) is 1.34. The molecule has 1 heterocycles. The monoisotopic (exact) mass is 216 g/mol. The van der Waals surface area contributed by atoms with Crippen LogP contribution in [0.4, 0.5) is 0 Å². The molecule has 0 radical (unpaired) electrons. The topological polar surface area (TPSA) is 71.5 Å². The van der Waals surface area contributed by atoms with E-state index in [1.54, 1.807) is 5.38 Å². The zero-order chi connectivity index (χ0) is 10.4. The standard InChI is InChI=1S/C8H12N2O3S/c1-13-8(12)3-9-2-7-10-6(4-11)5-14-7/h5,9,11H,2-4H2,1H3. The maximum Gasteiger partial charge on any atom is 0.319 e. The highest BCUT2D eigenvalue weighted by Crippen LogP contribution is 2.08. The number of aromatic nitrogens is 1. The summed E-state index contributed by atoms with van der Waals surface area (Å²) in [4.78, 5) is 14.8. The molecular formula is C8H12N2O3S. The molecule has 0 aliphatic rings. The Labute approximate surface area is 85.7 Å². The van der Waals surface area contributed by atoms with E-state index in [0.29, 0.717) is 12.2 Å². The number of rotatable bonds is 5. The van der Waals surface area contributed by atoms with Crippen LogP contribution >= 0.6 is 11.3 Å². The minimum atomic E-state index is -0.302. The van der Waals surface area contributed by atoms with Gasteiger partial charge >= 0.3 is 5.97 Å². The summed E-state index contributed by atoms with van der Waals surface area (Å²) in [6.45, 7) is 0.637. The number of aliphatic hydroxyl groups excluding tert-OH is 1. The summed E-state index contributed by atoms with van der Waals surface area (Å²) in [5.41, 5.74) is 0.657. The van der Waals surface area contributed by atoms with E-state index in [0.717, 1.165) is 5.01 Å². The second-order valence-electron chi connectivity index (χ2n) is 2.57. The minimum Gasteiger partial charge on any atom is -0.468 e. The van der Waals surface area contributed by atoms with Crippen LogP contribution in [0, 0.1) is 0 Å². The lowest BCUT2D eigenvalue weighted by Gasteiger charge is -1.99. The molecule has 1 aromatic rings. The highest BCUT2D eigenvalue weighted by molar-refractivity contribution is 7.09. The van der Waals surface area contributed by atoms with Crippen LogP contribution in [0.3, 0.4) is 0 Å². The molecule has 2 N–H and O–H groups in total. The molecule has 0 bridgehead atoms. The smallest absolute Gasteiger partial charge is 0.319 e. The molecule has 0 spiro atoms. The van der Waals surface area contributed by atoms with Gasteiger partial charge < -0.3 is 15.2 Å². The van der Waals surface area contributed by atoms with E-state index in [-0.39, 0.29) is 19.1 Å². The summed E-state index contributed by atoms with van der Waals surface area (Å²) in [5.74, 6) is -0.302. The Bertz CT molecular complexity index is 301. The Morgan fingerprint density at radius 2 is 2.57 bits per heavy atom. The summed E-state index contributed by atoms with van der Waals surface area (Å²) in [5, 5.41) is 14.3. The number of nitrogens with zero attached hydrogens (tertiary/aromatic N) is 1. The number of nitrogens with one attached hydrogen (secondary N) is 1. The molecule has 0 saturated heterocycles. The maximum atomic E-state index is 10.7. The molecule has 6 heteroatoms. The average molecular weight is 216 g/mol. The van der Waals surface area contributed by atoms with E-state index in [2.05, 4.69) is 15.0 Å². The van der Waals surface area contributed by atoms with Gasteiger partial charge in [-0.05, 0) is 0 Å². The normalized spacial score (nSPS) is 10.1. The number of aliphatic hydroxyl groups is 1. The number of esters is 1. The number of carbonyl (C=O) groups excluding carboxylic acids is 1. The van der Waals surface area contributed by atoms with Crippen LogP contribution in [0.15, 0.2) is 5.38 Å². The van der Waals surface area contributed by atoms with Crippen molar-refractivity contribution >= 4 is 17.3 Å². The lowest BCUT2D eigenvalue weighted by Crippen LogP contribution is -2.23. The molecular weight excluding hydrogens is 204 g/mol. The molecule has 0 fully saturated rings. The van der Waals surface area contributed by atoms with Gasteiger partial charge in [0, 0.05) is 11.9 Å². The highest BCUT2D eigenvalue weighted by Gasteiger charge is 2.02. The molecule has 0 saturated carbocycles. The predicted octanol–water partition coefficient (Wildman–Crippen LogP) is -0.102. The van der Waals surface area contributed by atoms with Crippen LogP contribution in [-0.4, -0.2) is 29.7 Å². The number of carbonyl (C=O) groups is 1. The van der Waals surface area contributed by atoms with Crippen molar-refractivity contribution in [2.75, 3.05) is 13.7 Å². The summed E-state index contributed by atoms with van der Waals surface area (Å²) in [6.07, 6.45) is 0. The fraction of sp³-hybridized carbons (Fsp3) is 0.500. The van der Waals surface area contributed by atoms with Gasteiger partial charge in [-0.15, -0.1) is 11.3 Å². The second-order valence-corrected chi connectivity index (χ2v) is 3.51. The van der Waals surface area contributed by atoms with Crippen molar-refractivity contribution in [3.05, 3.63) is 16.1 Å². The van der Waals surface area contributed by atoms with Crippen molar-refractivity contribution in [1.29, 1.82) is 0 Å². The van der Waals surface area contributed by atoms with Crippen LogP contribution < -0.4 is 5.32 Å². The third kappa shape index (κ3) is 3.41. The quantitative estimate of drug-likeness (QED) is 0.672. The molecule has 1 rings (SSSR count). The van der Waals surface area contributed by atoms with Crippen molar-refractivity contribution in [2.24, 2.45) is 0 Å². The second kappa shape index (κ2) is 5.69. The first-order valence-corrected chi connectivity index (χ1v) is 4.96. The van der Waals surface area contributed by atoms with Gasteiger partial charge in [0.05, 0.1) is 26.0 Å². The molecule has 1 aromatic heterocycles. The molecule has 0 aliphatic carbocycles. The molecule has 0 aromatic carbocycles. The lowest BCUT2D eigenvalue weighted by molar-refractivity contribution is -0.139. The largest absolute Gasteiger partial charge is 0.468 e. The number of hydrogen-bond donors (Lipinski definition) is 2. The van der Waals surface area contributed by atoms with E-state index in [4.69, 9.17) is 5.11 Å². The molecule has 0 amide bonds. The highest BCUT2D eigenvalue weighted by atomic mass is 32.1. The summed E-state index contributed by atoms with van der Waals surface area (Å²) >= 11 is 1.45. The van der Waals surface area contributed by atoms with E-state index in [1.165, 1.54) is 18.4 Å². The SMILES string of the molecule is COC(=O)CNCc1nc(CO)cs1. The first-order valence-electron chi connectivity index (χ1n) is 4.08. The van der Waals surface area contributed by atoms with Gasteiger partial charge in [0.25, 0.3) is 0 Å². The van der Waals surface area contributed by atoms with Crippen LogP contribution in [0.2, 0.25) is 0 Å². The van der Waals surface area contributed by atoms with Gasteiger partial charge in [0.1, 0.15) is 5.01 Å². The molecule has 0 unspecified atom stereocenters. The first kappa shape index (κ1) is 11.1. The minimum absolute atomic E-state index is 0.0481. The van der Waals surface area contributed by atoms with Gasteiger partial charge in [-0.3, -0.25) is 4.79 Å². The van der Waals surface area contributed by atoms with Crippen LogP contribution in [0.5, 0.6) is 0 Å². The number of methoxy groups -OCH3 is 1. The third-order valence-electron chi connectivity index (χ3n) is 1.53. The molecule has 0 atom stereocenters. The van der Waals surface area contributed by atoms with Crippen LogP contribution in [-0.2, 0) is 22.7 Å². The maximum absolute atomic E-state index is 10.7. The van der Waals surface area contributed by atoms with E-state index in [1.807, 2.05) is 0 Å². The molecule has 14 heavy (non-hydrogen) atoms. The van der Waals surface area contributed by atoms with Crippen molar-refractivity contribution in [3.8, 4) is 0 Å². The van der Waals surface area contributed by atoms with Crippen molar-refractivity contribution in [3.63, 3.8) is 0 Å². The fourth-order valence-corrected chi connectivity index (χ4v) is 1.60. The van der Waals surface area contributed by atoms with Crippen LogP contribution in [0.25, 0.3) is 0 Å². The summed E-state index contributed by atoms with van der Waals surface area (Å²) in [6, 6.07) is 0. The van der Waals surface area contributed by atoms with E-state index in [9.17, 15) is 4.79 Å². The van der Waals surface area contributed by atoms with Gasteiger partial charge in [-0.25, -0.2) is 4.98 Å². The number of thiazole rings is 1.